The fraction of sp³-hybridized carbons (Fsp3) is 0.227. The van der Waals surface area contributed by atoms with Gasteiger partial charge in [-0.25, -0.2) is 0 Å². The molecule has 0 radical (unpaired) electrons. The summed E-state index contributed by atoms with van der Waals surface area (Å²) in [6.07, 6.45) is 1.93. The molecule has 0 atom stereocenters. The van der Waals surface area contributed by atoms with Crippen molar-refractivity contribution < 1.29 is 9.90 Å². The Hall–Kier alpha value is -2.81. The SMILES string of the molecule is CC.CC.CC(=O)c1ccc(-c2cc(-c3ccc(O)cc3)c[nH]2)cc1. The number of nitrogens with one attached hydrogen (secondary N) is 1. The number of Topliss-reactive ketones (excluding diaryl/α,β-unsaturated/α-hetero) is 1. The Labute approximate surface area is 150 Å². The van der Waals surface area contributed by atoms with Crippen LogP contribution in [-0.2, 0) is 0 Å². The minimum absolute atomic E-state index is 0.0674. The van der Waals surface area contributed by atoms with Crippen molar-refractivity contribution in [3.05, 3.63) is 66.4 Å². The van der Waals surface area contributed by atoms with Gasteiger partial charge in [0.1, 0.15) is 5.75 Å². The first-order valence-electron chi connectivity index (χ1n) is 8.73. The summed E-state index contributed by atoms with van der Waals surface area (Å²) in [7, 11) is 0. The van der Waals surface area contributed by atoms with E-state index in [1.807, 2.05) is 70.3 Å². The molecule has 0 bridgehead atoms. The summed E-state index contributed by atoms with van der Waals surface area (Å²) in [4.78, 5) is 14.5. The Morgan fingerprint density at radius 3 is 1.84 bits per heavy atom. The van der Waals surface area contributed by atoms with E-state index in [0.29, 0.717) is 5.56 Å². The number of phenolic OH excluding ortho intramolecular Hbond substituents is 1. The lowest BCUT2D eigenvalue weighted by Crippen LogP contribution is -1.90. The molecular formula is C22H27NO2. The number of benzene rings is 2. The molecular weight excluding hydrogens is 310 g/mol. The Kier molecular flexibility index (Phi) is 8.21. The summed E-state index contributed by atoms with van der Waals surface area (Å²) in [5.41, 5.74) is 4.83. The average molecular weight is 337 g/mol. The normalized spacial score (nSPS) is 9.32. The van der Waals surface area contributed by atoms with Gasteiger partial charge in [0, 0.05) is 17.5 Å². The number of carbonyl (C=O) groups excluding carboxylic acids is 1. The van der Waals surface area contributed by atoms with E-state index in [1.165, 1.54) is 0 Å². The monoisotopic (exact) mass is 337 g/mol. The van der Waals surface area contributed by atoms with Crippen molar-refractivity contribution in [2.75, 3.05) is 0 Å². The molecule has 0 aliphatic rings. The number of hydrogen-bond acceptors (Lipinski definition) is 2. The highest BCUT2D eigenvalue weighted by Crippen LogP contribution is 2.27. The largest absolute Gasteiger partial charge is 0.508 e. The van der Waals surface area contributed by atoms with Gasteiger partial charge in [-0.15, -0.1) is 0 Å². The number of rotatable bonds is 3. The zero-order valence-corrected chi connectivity index (χ0v) is 15.6. The third-order valence-electron chi connectivity index (χ3n) is 3.49. The number of carbonyl (C=O) groups is 1. The van der Waals surface area contributed by atoms with Crippen LogP contribution in [0.1, 0.15) is 45.0 Å². The Morgan fingerprint density at radius 1 is 0.800 bits per heavy atom. The molecule has 0 aliphatic carbocycles. The van der Waals surface area contributed by atoms with Crippen LogP contribution in [0.5, 0.6) is 5.75 Å². The third-order valence-corrected chi connectivity index (χ3v) is 3.49. The lowest BCUT2D eigenvalue weighted by Gasteiger charge is -2.00. The van der Waals surface area contributed by atoms with Gasteiger partial charge in [-0.05, 0) is 41.8 Å². The summed E-state index contributed by atoms with van der Waals surface area (Å²) in [6.45, 7) is 9.56. The number of aromatic nitrogens is 1. The van der Waals surface area contributed by atoms with Crippen LogP contribution in [0.15, 0.2) is 60.8 Å². The quantitative estimate of drug-likeness (QED) is 0.550. The van der Waals surface area contributed by atoms with Gasteiger partial charge in [-0.2, -0.15) is 0 Å². The average Bonchev–Trinajstić information content (AvgIpc) is 3.16. The van der Waals surface area contributed by atoms with E-state index >= 15 is 0 Å². The van der Waals surface area contributed by atoms with Crippen molar-refractivity contribution in [1.82, 2.24) is 4.98 Å². The first-order valence-corrected chi connectivity index (χ1v) is 8.73. The molecule has 25 heavy (non-hydrogen) atoms. The molecule has 1 aromatic heterocycles. The van der Waals surface area contributed by atoms with Crippen molar-refractivity contribution >= 4 is 5.78 Å². The molecule has 3 heteroatoms. The molecule has 0 unspecified atom stereocenters. The zero-order chi connectivity index (χ0) is 18.8. The molecule has 0 fully saturated rings. The highest BCUT2D eigenvalue weighted by molar-refractivity contribution is 5.94. The van der Waals surface area contributed by atoms with Crippen LogP contribution in [0, 0.1) is 0 Å². The fourth-order valence-corrected chi connectivity index (χ4v) is 2.27. The smallest absolute Gasteiger partial charge is 0.159 e. The number of aromatic amines is 1. The van der Waals surface area contributed by atoms with E-state index in [0.717, 1.165) is 22.4 Å². The molecule has 0 spiro atoms. The molecule has 3 nitrogen and oxygen atoms in total. The van der Waals surface area contributed by atoms with Crippen LogP contribution in [0.2, 0.25) is 0 Å². The van der Waals surface area contributed by atoms with Crippen molar-refractivity contribution in [2.24, 2.45) is 0 Å². The maximum Gasteiger partial charge on any atom is 0.159 e. The van der Waals surface area contributed by atoms with Gasteiger partial charge in [-0.3, -0.25) is 4.79 Å². The number of aromatic hydroxyl groups is 1. The molecule has 0 aliphatic heterocycles. The Balaban J connectivity index is 0.000000730. The van der Waals surface area contributed by atoms with Gasteiger partial charge in [0.05, 0.1) is 0 Å². The minimum Gasteiger partial charge on any atom is -0.508 e. The van der Waals surface area contributed by atoms with Crippen LogP contribution in [-0.4, -0.2) is 15.9 Å². The summed E-state index contributed by atoms with van der Waals surface area (Å²) in [5, 5.41) is 9.32. The Morgan fingerprint density at radius 2 is 1.32 bits per heavy atom. The number of hydrogen-bond donors (Lipinski definition) is 2. The van der Waals surface area contributed by atoms with Crippen LogP contribution < -0.4 is 0 Å². The second-order valence-corrected chi connectivity index (χ2v) is 4.98. The molecule has 3 aromatic rings. The summed E-state index contributed by atoms with van der Waals surface area (Å²) in [5.74, 6) is 0.326. The molecule has 0 amide bonds. The van der Waals surface area contributed by atoms with Gasteiger partial charge < -0.3 is 10.1 Å². The summed E-state index contributed by atoms with van der Waals surface area (Å²) in [6, 6.07) is 16.7. The molecule has 0 saturated heterocycles. The van der Waals surface area contributed by atoms with E-state index in [2.05, 4.69) is 11.1 Å². The maximum absolute atomic E-state index is 11.3. The number of ketones is 1. The van der Waals surface area contributed by atoms with Crippen LogP contribution in [0.25, 0.3) is 22.4 Å². The van der Waals surface area contributed by atoms with Crippen molar-refractivity contribution in [3.63, 3.8) is 0 Å². The maximum atomic E-state index is 11.3. The van der Waals surface area contributed by atoms with Crippen LogP contribution >= 0.6 is 0 Å². The van der Waals surface area contributed by atoms with E-state index < -0.39 is 0 Å². The second-order valence-electron chi connectivity index (χ2n) is 4.98. The summed E-state index contributed by atoms with van der Waals surface area (Å²) >= 11 is 0. The van der Waals surface area contributed by atoms with Gasteiger partial charge in [0.2, 0.25) is 0 Å². The highest BCUT2D eigenvalue weighted by atomic mass is 16.3. The molecule has 2 aromatic carbocycles. The lowest BCUT2D eigenvalue weighted by molar-refractivity contribution is 0.101. The molecule has 3 rings (SSSR count). The molecule has 2 N–H and O–H groups in total. The lowest BCUT2D eigenvalue weighted by atomic mass is 10.1. The van der Waals surface area contributed by atoms with E-state index in [9.17, 15) is 9.90 Å². The first-order chi connectivity index (χ1) is 12.1. The van der Waals surface area contributed by atoms with Crippen LogP contribution in [0.4, 0.5) is 0 Å². The fourth-order valence-electron chi connectivity index (χ4n) is 2.27. The van der Waals surface area contributed by atoms with E-state index in [4.69, 9.17) is 0 Å². The predicted molar refractivity (Wildman–Crippen MR) is 106 cm³/mol. The van der Waals surface area contributed by atoms with Gasteiger partial charge in [0.25, 0.3) is 0 Å². The molecule has 0 saturated carbocycles. The third kappa shape index (κ3) is 5.35. The standard InChI is InChI=1S/C18H15NO2.2C2H6/c1-12(20)13-2-4-15(5-3-13)18-10-16(11-19-18)14-6-8-17(21)9-7-14;2*1-2/h2-11,19,21H,1H3;2*1-2H3. The molecule has 1 heterocycles. The highest BCUT2D eigenvalue weighted by Gasteiger charge is 2.05. The van der Waals surface area contributed by atoms with Crippen molar-refractivity contribution in [1.29, 1.82) is 0 Å². The van der Waals surface area contributed by atoms with Gasteiger partial charge in [0.15, 0.2) is 5.78 Å². The molecule has 132 valence electrons. The first kappa shape index (κ1) is 20.2. The Bertz CT molecular complexity index is 769. The zero-order valence-electron chi connectivity index (χ0n) is 15.6. The van der Waals surface area contributed by atoms with E-state index in [1.54, 1.807) is 19.1 Å². The number of phenols is 1. The minimum atomic E-state index is 0.0674. The van der Waals surface area contributed by atoms with Crippen molar-refractivity contribution in [3.8, 4) is 28.1 Å². The second kappa shape index (κ2) is 10.1. The van der Waals surface area contributed by atoms with Gasteiger partial charge >= 0.3 is 0 Å². The van der Waals surface area contributed by atoms with Crippen LogP contribution in [0.3, 0.4) is 0 Å². The topological polar surface area (TPSA) is 53.1 Å². The summed E-state index contributed by atoms with van der Waals surface area (Å²) < 4.78 is 0. The van der Waals surface area contributed by atoms with E-state index in [-0.39, 0.29) is 11.5 Å². The van der Waals surface area contributed by atoms with Crippen molar-refractivity contribution in [2.45, 2.75) is 34.6 Å². The van der Waals surface area contributed by atoms with Gasteiger partial charge in [-0.1, -0.05) is 64.1 Å². The number of H-pyrrole nitrogens is 1. The predicted octanol–water partition coefficient (Wildman–Crippen LogP) is 6.31.